The molecule has 1 heterocycles. The van der Waals surface area contributed by atoms with Gasteiger partial charge in [0.15, 0.2) is 0 Å². The predicted molar refractivity (Wildman–Crippen MR) is 41.5 cm³/mol. The maximum absolute atomic E-state index is 10.9. The van der Waals surface area contributed by atoms with E-state index in [1.807, 2.05) is 0 Å². The summed E-state index contributed by atoms with van der Waals surface area (Å²) in [5.74, 6) is -0.618. The van der Waals surface area contributed by atoms with E-state index in [-0.39, 0.29) is 5.91 Å². The zero-order chi connectivity index (χ0) is 9.14. The number of carbonyl (C=O) groups is 2. The average Bonchev–Trinajstić information content (AvgIpc) is 2.51. The second kappa shape index (κ2) is 3.34. The third kappa shape index (κ3) is 1.61. The zero-order valence-corrected chi connectivity index (χ0v) is 7.03. The summed E-state index contributed by atoms with van der Waals surface area (Å²) in [6.45, 7) is 1.88. The molecule has 0 bridgehead atoms. The standard InChI is InChI=1S/C7H10N2O3/c1-5(10)9-4-3-6(8-9)7(11)12-2/h3-4H2,1-2H3. The van der Waals surface area contributed by atoms with E-state index in [0.29, 0.717) is 18.7 Å². The van der Waals surface area contributed by atoms with Gasteiger partial charge in [0.2, 0.25) is 5.91 Å². The van der Waals surface area contributed by atoms with Crippen LogP contribution in [0.2, 0.25) is 0 Å². The molecule has 1 amide bonds. The number of methoxy groups -OCH3 is 1. The van der Waals surface area contributed by atoms with Crippen LogP contribution < -0.4 is 0 Å². The molecule has 0 aliphatic carbocycles. The molecule has 1 aliphatic rings. The Morgan fingerprint density at radius 1 is 1.58 bits per heavy atom. The van der Waals surface area contributed by atoms with Gasteiger partial charge in [0.1, 0.15) is 5.71 Å². The smallest absolute Gasteiger partial charge is 0.354 e. The van der Waals surface area contributed by atoms with E-state index in [4.69, 9.17) is 0 Å². The molecule has 5 nitrogen and oxygen atoms in total. The van der Waals surface area contributed by atoms with E-state index in [2.05, 4.69) is 9.84 Å². The minimum Gasteiger partial charge on any atom is -0.464 e. The number of carbonyl (C=O) groups excluding carboxylic acids is 2. The molecule has 0 aromatic heterocycles. The van der Waals surface area contributed by atoms with Crippen molar-refractivity contribution in [2.45, 2.75) is 13.3 Å². The highest BCUT2D eigenvalue weighted by atomic mass is 16.5. The SMILES string of the molecule is COC(=O)C1=NN(C(C)=O)CC1. The molecule has 1 aliphatic heterocycles. The van der Waals surface area contributed by atoms with Gasteiger partial charge in [0.05, 0.1) is 13.7 Å². The van der Waals surface area contributed by atoms with Gasteiger partial charge in [-0.05, 0) is 0 Å². The molecule has 12 heavy (non-hydrogen) atoms. The molecule has 0 fully saturated rings. The Bertz CT molecular complexity index is 247. The summed E-state index contributed by atoms with van der Waals surface area (Å²) in [6, 6.07) is 0. The molecule has 5 heteroatoms. The van der Waals surface area contributed by atoms with Crippen molar-refractivity contribution in [1.82, 2.24) is 5.01 Å². The lowest BCUT2D eigenvalue weighted by molar-refractivity contribution is -0.132. The fraction of sp³-hybridized carbons (Fsp3) is 0.571. The Morgan fingerprint density at radius 2 is 2.25 bits per heavy atom. The molecule has 0 N–H and O–H groups in total. The second-order valence-corrected chi connectivity index (χ2v) is 2.43. The van der Waals surface area contributed by atoms with Crippen LogP contribution >= 0.6 is 0 Å². The number of rotatable bonds is 1. The van der Waals surface area contributed by atoms with Gasteiger partial charge in [-0.1, -0.05) is 0 Å². The van der Waals surface area contributed by atoms with Crippen molar-refractivity contribution in [2.75, 3.05) is 13.7 Å². The van der Waals surface area contributed by atoms with E-state index in [1.165, 1.54) is 19.0 Å². The van der Waals surface area contributed by atoms with Gasteiger partial charge in [-0.15, -0.1) is 0 Å². The Balaban J connectivity index is 2.65. The summed E-state index contributed by atoms with van der Waals surface area (Å²) in [6.07, 6.45) is 0.478. The maximum atomic E-state index is 10.9. The van der Waals surface area contributed by atoms with Gasteiger partial charge in [0.25, 0.3) is 0 Å². The Morgan fingerprint density at radius 3 is 2.67 bits per heavy atom. The first-order valence-electron chi connectivity index (χ1n) is 3.59. The molecule has 0 saturated heterocycles. The number of hydrogen-bond donors (Lipinski definition) is 0. The van der Waals surface area contributed by atoms with Crippen LogP contribution in [0.5, 0.6) is 0 Å². The quantitative estimate of drug-likeness (QED) is 0.510. The van der Waals surface area contributed by atoms with Crippen molar-refractivity contribution in [3.63, 3.8) is 0 Å². The van der Waals surface area contributed by atoms with E-state index in [0.717, 1.165) is 0 Å². The van der Waals surface area contributed by atoms with Crippen molar-refractivity contribution in [2.24, 2.45) is 5.10 Å². The van der Waals surface area contributed by atoms with Crippen LogP contribution in [0.4, 0.5) is 0 Å². The molecule has 0 atom stereocenters. The van der Waals surface area contributed by atoms with Crippen molar-refractivity contribution >= 4 is 17.6 Å². The maximum Gasteiger partial charge on any atom is 0.354 e. The van der Waals surface area contributed by atoms with Crippen LogP contribution in [0.15, 0.2) is 5.10 Å². The molecular weight excluding hydrogens is 160 g/mol. The first-order chi connectivity index (χ1) is 5.65. The molecule has 0 radical (unpaired) electrons. The number of nitrogens with zero attached hydrogens (tertiary/aromatic N) is 2. The highest BCUT2D eigenvalue weighted by Crippen LogP contribution is 2.06. The molecule has 0 aromatic rings. The van der Waals surface area contributed by atoms with Gasteiger partial charge in [-0.25, -0.2) is 9.80 Å². The molecule has 0 spiro atoms. The van der Waals surface area contributed by atoms with E-state index >= 15 is 0 Å². The highest BCUT2D eigenvalue weighted by Gasteiger charge is 2.22. The Labute approximate surface area is 70.0 Å². The largest absolute Gasteiger partial charge is 0.464 e. The van der Waals surface area contributed by atoms with Gasteiger partial charge in [-0.3, -0.25) is 4.79 Å². The molecule has 0 unspecified atom stereocenters. The number of esters is 1. The van der Waals surface area contributed by atoms with E-state index in [9.17, 15) is 9.59 Å². The topological polar surface area (TPSA) is 59.0 Å². The summed E-state index contributed by atoms with van der Waals surface area (Å²) in [4.78, 5) is 21.7. The minimum absolute atomic E-state index is 0.158. The van der Waals surface area contributed by atoms with Gasteiger partial charge in [-0.2, -0.15) is 5.10 Å². The van der Waals surface area contributed by atoms with E-state index in [1.54, 1.807) is 0 Å². The third-order valence-corrected chi connectivity index (χ3v) is 1.59. The Hall–Kier alpha value is -1.39. The van der Waals surface area contributed by atoms with Gasteiger partial charge < -0.3 is 4.74 Å². The number of hydrogen-bond acceptors (Lipinski definition) is 4. The highest BCUT2D eigenvalue weighted by molar-refractivity contribution is 6.37. The molecular formula is C7H10N2O3. The average molecular weight is 170 g/mol. The number of ether oxygens (including phenoxy) is 1. The first-order valence-corrected chi connectivity index (χ1v) is 3.59. The molecule has 0 saturated carbocycles. The lowest BCUT2D eigenvalue weighted by atomic mass is 10.3. The van der Waals surface area contributed by atoms with Crippen LogP contribution in [0.25, 0.3) is 0 Å². The number of hydrazone groups is 1. The monoisotopic (exact) mass is 170 g/mol. The summed E-state index contributed by atoms with van der Waals surface area (Å²) in [5.41, 5.74) is 0.313. The van der Waals surface area contributed by atoms with Crippen molar-refractivity contribution in [1.29, 1.82) is 0 Å². The predicted octanol–water partition coefficient (Wildman–Crippen LogP) is -0.232. The normalized spacial score (nSPS) is 15.8. The molecule has 1 rings (SSSR count). The van der Waals surface area contributed by atoms with Gasteiger partial charge in [0, 0.05) is 13.3 Å². The van der Waals surface area contributed by atoms with Gasteiger partial charge >= 0.3 is 5.97 Å². The zero-order valence-electron chi connectivity index (χ0n) is 7.03. The van der Waals surface area contributed by atoms with Crippen LogP contribution in [0.1, 0.15) is 13.3 Å². The lowest BCUT2D eigenvalue weighted by Crippen LogP contribution is -2.19. The molecule has 66 valence electrons. The van der Waals surface area contributed by atoms with Crippen LogP contribution in [0.3, 0.4) is 0 Å². The first kappa shape index (κ1) is 8.70. The van der Waals surface area contributed by atoms with E-state index < -0.39 is 5.97 Å². The van der Waals surface area contributed by atoms with Crippen LogP contribution in [-0.2, 0) is 14.3 Å². The van der Waals surface area contributed by atoms with Crippen LogP contribution in [-0.4, -0.2) is 36.3 Å². The fourth-order valence-corrected chi connectivity index (χ4v) is 0.946. The summed E-state index contributed by atoms with van der Waals surface area (Å²) < 4.78 is 4.45. The third-order valence-electron chi connectivity index (χ3n) is 1.59. The summed E-state index contributed by atoms with van der Waals surface area (Å²) in [7, 11) is 1.29. The fourth-order valence-electron chi connectivity index (χ4n) is 0.946. The molecule has 0 aromatic carbocycles. The summed E-state index contributed by atoms with van der Waals surface area (Å²) >= 11 is 0. The summed E-state index contributed by atoms with van der Waals surface area (Å²) in [5, 5.41) is 5.04. The van der Waals surface area contributed by atoms with Crippen LogP contribution in [0, 0.1) is 0 Å². The minimum atomic E-state index is -0.459. The number of amides is 1. The lowest BCUT2D eigenvalue weighted by Gasteiger charge is -2.05. The Kier molecular flexibility index (Phi) is 2.42. The van der Waals surface area contributed by atoms with Crippen molar-refractivity contribution in [3.05, 3.63) is 0 Å². The second-order valence-electron chi connectivity index (χ2n) is 2.43. The van der Waals surface area contributed by atoms with Crippen molar-refractivity contribution < 1.29 is 14.3 Å². The van der Waals surface area contributed by atoms with Crippen molar-refractivity contribution in [3.8, 4) is 0 Å².